The van der Waals surface area contributed by atoms with E-state index in [0.29, 0.717) is 30.8 Å². The predicted molar refractivity (Wildman–Crippen MR) is 155 cm³/mol. The average Bonchev–Trinajstić information content (AvgIpc) is 3.54. The van der Waals surface area contributed by atoms with Crippen molar-refractivity contribution < 1.29 is 13.6 Å². The molecule has 0 unspecified atom stereocenters. The Morgan fingerprint density at radius 3 is 2.52 bits per heavy atom. The molecule has 42 heavy (non-hydrogen) atoms. The van der Waals surface area contributed by atoms with E-state index in [-0.39, 0.29) is 28.2 Å². The van der Waals surface area contributed by atoms with Crippen molar-refractivity contribution in [3.63, 3.8) is 0 Å². The molecule has 0 radical (unpaired) electrons. The molecule has 0 bridgehead atoms. The van der Waals surface area contributed by atoms with Gasteiger partial charge in [0.25, 0.3) is 12.3 Å². The second kappa shape index (κ2) is 11.5. The SMILES string of the molecule is Cn1ccc(-c2cc(-n3c(=O)n(CC4CCC(NC(=O)c5cc(Cl)cnc5C(F)F)CC4)c4ccccc43)ccn2)n1. The van der Waals surface area contributed by atoms with Gasteiger partial charge in [-0.05, 0) is 68.0 Å². The summed E-state index contributed by atoms with van der Waals surface area (Å²) in [5.74, 6) is -0.397. The molecule has 0 atom stereocenters. The highest BCUT2D eigenvalue weighted by molar-refractivity contribution is 6.30. The summed E-state index contributed by atoms with van der Waals surface area (Å²) in [5, 5.41) is 7.43. The lowest BCUT2D eigenvalue weighted by atomic mass is 9.85. The van der Waals surface area contributed by atoms with Gasteiger partial charge in [-0.25, -0.2) is 13.6 Å². The molecule has 1 saturated carbocycles. The van der Waals surface area contributed by atoms with Crippen LogP contribution in [0.4, 0.5) is 8.78 Å². The summed E-state index contributed by atoms with van der Waals surface area (Å²) in [4.78, 5) is 34.7. The van der Waals surface area contributed by atoms with Gasteiger partial charge in [-0.15, -0.1) is 0 Å². The molecule has 1 N–H and O–H groups in total. The molecule has 9 nitrogen and oxygen atoms in total. The predicted octanol–water partition coefficient (Wildman–Crippen LogP) is 5.56. The smallest absolute Gasteiger partial charge is 0.333 e. The van der Waals surface area contributed by atoms with Crippen molar-refractivity contribution in [1.29, 1.82) is 0 Å². The number of para-hydroxylation sites is 2. The minimum absolute atomic E-state index is 0.123. The van der Waals surface area contributed by atoms with Crippen LogP contribution in [0.3, 0.4) is 0 Å². The van der Waals surface area contributed by atoms with Crippen LogP contribution in [0, 0.1) is 5.92 Å². The summed E-state index contributed by atoms with van der Waals surface area (Å²) in [6, 6.07) is 14.3. The molecule has 1 amide bonds. The summed E-state index contributed by atoms with van der Waals surface area (Å²) in [6.45, 7) is 0.527. The van der Waals surface area contributed by atoms with Crippen LogP contribution < -0.4 is 11.0 Å². The first-order valence-electron chi connectivity index (χ1n) is 13.7. The molecule has 6 rings (SSSR count). The number of nitrogens with one attached hydrogen (secondary N) is 1. The number of carbonyl (C=O) groups is 1. The van der Waals surface area contributed by atoms with E-state index in [0.717, 1.165) is 35.8 Å². The molecule has 0 aliphatic heterocycles. The fraction of sp³-hybridized carbons (Fsp3) is 0.300. The molecule has 5 aromatic rings. The monoisotopic (exact) mass is 591 g/mol. The second-order valence-electron chi connectivity index (χ2n) is 10.6. The van der Waals surface area contributed by atoms with E-state index in [1.54, 1.807) is 15.4 Å². The van der Waals surface area contributed by atoms with Crippen LogP contribution >= 0.6 is 11.6 Å². The first-order chi connectivity index (χ1) is 20.3. The lowest BCUT2D eigenvalue weighted by Crippen LogP contribution is -2.39. The van der Waals surface area contributed by atoms with Crippen molar-refractivity contribution in [3.05, 3.63) is 93.9 Å². The number of hydrogen-bond acceptors (Lipinski definition) is 5. The lowest BCUT2D eigenvalue weighted by molar-refractivity contribution is 0.0904. The van der Waals surface area contributed by atoms with Crippen LogP contribution in [0.15, 0.2) is 71.9 Å². The molecule has 1 aromatic carbocycles. The third-order valence-corrected chi connectivity index (χ3v) is 7.98. The molecule has 1 aliphatic carbocycles. The third-order valence-electron chi connectivity index (χ3n) is 7.77. The molecule has 12 heteroatoms. The van der Waals surface area contributed by atoms with Gasteiger partial charge in [0.1, 0.15) is 11.4 Å². The number of pyridine rings is 2. The summed E-state index contributed by atoms with van der Waals surface area (Å²) < 4.78 is 32.0. The first kappa shape index (κ1) is 27.8. The van der Waals surface area contributed by atoms with Gasteiger partial charge in [0.2, 0.25) is 0 Å². The van der Waals surface area contributed by atoms with Crippen LogP contribution in [-0.2, 0) is 13.6 Å². The van der Waals surface area contributed by atoms with Crippen LogP contribution in [0.5, 0.6) is 0 Å². The van der Waals surface area contributed by atoms with E-state index in [1.165, 1.54) is 6.07 Å². The van der Waals surface area contributed by atoms with E-state index < -0.39 is 18.0 Å². The number of nitrogens with zero attached hydrogens (tertiary/aromatic N) is 6. The number of alkyl halides is 2. The number of rotatable bonds is 7. The van der Waals surface area contributed by atoms with E-state index in [4.69, 9.17) is 11.6 Å². The zero-order valence-corrected chi connectivity index (χ0v) is 23.5. The molecule has 1 aliphatic rings. The largest absolute Gasteiger partial charge is 0.349 e. The van der Waals surface area contributed by atoms with Gasteiger partial charge >= 0.3 is 5.69 Å². The normalized spacial score (nSPS) is 17.2. The maximum absolute atomic E-state index is 13.8. The van der Waals surface area contributed by atoms with Gasteiger partial charge in [0.15, 0.2) is 0 Å². The molecular weight excluding hydrogens is 564 g/mol. The average molecular weight is 592 g/mol. The van der Waals surface area contributed by atoms with E-state index >= 15 is 0 Å². The Kier molecular flexibility index (Phi) is 7.59. The number of hydrogen-bond donors (Lipinski definition) is 1. The van der Waals surface area contributed by atoms with Gasteiger partial charge in [-0.3, -0.25) is 28.6 Å². The Hall–Kier alpha value is -4.38. The highest BCUT2D eigenvalue weighted by Gasteiger charge is 2.27. The van der Waals surface area contributed by atoms with Crippen LogP contribution in [0.2, 0.25) is 5.02 Å². The number of carbonyl (C=O) groups excluding carboxylic acids is 1. The number of halogens is 3. The fourth-order valence-electron chi connectivity index (χ4n) is 5.70. The number of imidazole rings is 1. The molecule has 4 heterocycles. The quantitative estimate of drug-likeness (QED) is 0.267. The fourth-order valence-corrected chi connectivity index (χ4v) is 5.86. The van der Waals surface area contributed by atoms with Crippen molar-refractivity contribution in [2.24, 2.45) is 13.0 Å². The number of benzene rings is 1. The van der Waals surface area contributed by atoms with Crippen molar-refractivity contribution in [1.82, 2.24) is 34.2 Å². The zero-order chi connectivity index (χ0) is 29.4. The highest BCUT2D eigenvalue weighted by atomic mass is 35.5. The van der Waals surface area contributed by atoms with Crippen molar-refractivity contribution >= 4 is 28.5 Å². The second-order valence-corrected chi connectivity index (χ2v) is 11.0. The van der Waals surface area contributed by atoms with Gasteiger partial charge in [-0.1, -0.05) is 23.7 Å². The Morgan fingerprint density at radius 1 is 1.05 bits per heavy atom. The Balaban J connectivity index is 1.19. The minimum atomic E-state index is -2.88. The van der Waals surface area contributed by atoms with E-state index in [9.17, 15) is 18.4 Å². The van der Waals surface area contributed by atoms with Gasteiger partial charge in [-0.2, -0.15) is 5.10 Å². The van der Waals surface area contributed by atoms with Crippen molar-refractivity contribution in [3.8, 4) is 17.1 Å². The Bertz CT molecular complexity index is 1820. The minimum Gasteiger partial charge on any atom is -0.349 e. The van der Waals surface area contributed by atoms with Gasteiger partial charge < -0.3 is 5.32 Å². The summed E-state index contributed by atoms with van der Waals surface area (Å²) >= 11 is 5.91. The molecule has 0 saturated heterocycles. The molecule has 0 spiro atoms. The maximum Gasteiger partial charge on any atom is 0.333 e. The van der Waals surface area contributed by atoms with E-state index in [1.807, 2.05) is 60.3 Å². The zero-order valence-electron chi connectivity index (χ0n) is 22.8. The topological polar surface area (TPSA) is 99.6 Å². The third kappa shape index (κ3) is 5.44. The Labute approximate surface area is 244 Å². The van der Waals surface area contributed by atoms with Crippen molar-refractivity contribution in [2.45, 2.75) is 44.7 Å². The summed E-state index contributed by atoms with van der Waals surface area (Å²) in [6.07, 6.45) is 4.62. The van der Waals surface area contributed by atoms with Crippen LogP contribution in [0.1, 0.15) is 48.2 Å². The molecule has 4 aromatic heterocycles. The summed E-state index contributed by atoms with van der Waals surface area (Å²) in [5.41, 5.74) is 2.80. The molecule has 216 valence electrons. The standard InChI is InChI=1S/C30H28ClF2N7O2/c1-38-13-11-23(37-38)24-15-21(10-12-34-24)40-26-5-3-2-4-25(26)39(30(40)42)17-18-6-8-20(9-7-18)36-29(41)22-14-19(31)16-35-27(22)28(32)33/h2-5,10-16,18,20,28H,6-9,17H2,1H3,(H,36,41). The summed E-state index contributed by atoms with van der Waals surface area (Å²) in [7, 11) is 1.84. The maximum atomic E-state index is 13.8. The number of amides is 1. The number of aromatic nitrogens is 6. The molecular formula is C30H28ClF2N7O2. The first-order valence-corrected chi connectivity index (χ1v) is 14.1. The van der Waals surface area contributed by atoms with Gasteiger partial charge in [0.05, 0.1) is 33.0 Å². The Morgan fingerprint density at radius 2 is 1.81 bits per heavy atom. The van der Waals surface area contributed by atoms with Crippen LogP contribution in [-0.4, -0.2) is 40.8 Å². The number of aryl methyl sites for hydroxylation is 1. The number of fused-ring (bicyclic) bond motifs is 1. The van der Waals surface area contributed by atoms with Crippen LogP contribution in [0.25, 0.3) is 28.1 Å². The van der Waals surface area contributed by atoms with Gasteiger partial charge in [0, 0.05) is 38.2 Å². The lowest BCUT2D eigenvalue weighted by Gasteiger charge is -2.29. The van der Waals surface area contributed by atoms with E-state index in [2.05, 4.69) is 20.4 Å². The van der Waals surface area contributed by atoms with Crippen molar-refractivity contribution in [2.75, 3.05) is 0 Å². The molecule has 1 fully saturated rings. The highest BCUT2D eigenvalue weighted by Crippen LogP contribution is 2.29.